The first kappa shape index (κ1) is 14.8. The van der Waals surface area contributed by atoms with Crippen molar-refractivity contribution in [2.45, 2.75) is 6.54 Å². The molecule has 0 atom stereocenters. The molecule has 2 aromatic carbocycles. The van der Waals surface area contributed by atoms with Crippen molar-refractivity contribution in [2.75, 3.05) is 5.32 Å². The molecule has 6 heteroatoms. The monoisotopic (exact) mass is 303 g/mol. The van der Waals surface area contributed by atoms with E-state index < -0.39 is 11.8 Å². The third kappa shape index (κ3) is 4.20. The molecule has 0 fully saturated rings. The second-order valence-electron chi connectivity index (χ2n) is 4.24. The molecule has 0 spiro atoms. The summed E-state index contributed by atoms with van der Waals surface area (Å²) in [7, 11) is 0. The summed E-state index contributed by atoms with van der Waals surface area (Å²) in [5.74, 6) is -0.530. The lowest BCUT2D eigenvalue weighted by Crippen LogP contribution is -2.28. The number of amides is 2. The van der Waals surface area contributed by atoms with Gasteiger partial charge >= 0.3 is 6.03 Å². The van der Waals surface area contributed by atoms with Gasteiger partial charge in [-0.3, -0.25) is 0 Å². The van der Waals surface area contributed by atoms with E-state index in [0.717, 1.165) is 6.07 Å². The van der Waals surface area contributed by atoms with Crippen LogP contribution in [0.1, 0.15) is 11.1 Å². The standard InChI is InChI=1S/C15H11ClFN3O/c16-12-2-1-3-13(7-12)20-15(21)19-9-11-5-4-10(8-18)6-14(11)17/h1-7H,9H2,(H2,19,20,21). The van der Waals surface area contributed by atoms with Crippen molar-refractivity contribution >= 4 is 23.3 Å². The van der Waals surface area contributed by atoms with Crippen molar-refractivity contribution in [1.82, 2.24) is 5.32 Å². The first-order valence-electron chi connectivity index (χ1n) is 6.07. The Hall–Kier alpha value is -2.58. The van der Waals surface area contributed by atoms with Crippen molar-refractivity contribution in [3.8, 4) is 6.07 Å². The van der Waals surface area contributed by atoms with Crippen LogP contribution >= 0.6 is 11.6 Å². The van der Waals surface area contributed by atoms with Crippen LogP contribution in [0.2, 0.25) is 5.02 Å². The highest BCUT2D eigenvalue weighted by atomic mass is 35.5. The molecular formula is C15H11ClFN3O. The lowest BCUT2D eigenvalue weighted by molar-refractivity contribution is 0.251. The molecule has 4 nitrogen and oxygen atoms in total. The normalized spacial score (nSPS) is 9.76. The number of rotatable bonds is 3. The number of carbonyl (C=O) groups excluding carboxylic acids is 1. The van der Waals surface area contributed by atoms with Gasteiger partial charge in [-0.15, -0.1) is 0 Å². The molecule has 0 bridgehead atoms. The molecular weight excluding hydrogens is 293 g/mol. The van der Waals surface area contributed by atoms with Gasteiger partial charge in [0.05, 0.1) is 11.6 Å². The Morgan fingerprint density at radius 3 is 2.76 bits per heavy atom. The SMILES string of the molecule is N#Cc1ccc(CNC(=O)Nc2cccc(Cl)c2)c(F)c1. The largest absolute Gasteiger partial charge is 0.334 e. The number of halogens is 2. The second-order valence-corrected chi connectivity index (χ2v) is 4.67. The molecule has 0 saturated carbocycles. The van der Waals surface area contributed by atoms with E-state index in [1.54, 1.807) is 24.3 Å². The molecule has 0 unspecified atom stereocenters. The number of nitrogens with one attached hydrogen (secondary N) is 2. The van der Waals surface area contributed by atoms with Crippen LogP contribution < -0.4 is 10.6 Å². The Kier molecular flexibility index (Phi) is 4.75. The fourth-order valence-electron chi connectivity index (χ4n) is 1.68. The van der Waals surface area contributed by atoms with E-state index in [1.807, 2.05) is 6.07 Å². The maximum Gasteiger partial charge on any atom is 0.319 e. The molecule has 2 N–H and O–H groups in total. The first-order chi connectivity index (χ1) is 10.1. The fourth-order valence-corrected chi connectivity index (χ4v) is 1.87. The van der Waals surface area contributed by atoms with Crippen LogP contribution in [0, 0.1) is 17.1 Å². The van der Waals surface area contributed by atoms with Gasteiger partial charge in [-0.1, -0.05) is 23.7 Å². The zero-order valence-electron chi connectivity index (χ0n) is 10.9. The van der Waals surface area contributed by atoms with Crippen LogP contribution in [0.15, 0.2) is 42.5 Å². The molecule has 21 heavy (non-hydrogen) atoms. The fraction of sp³-hybridized carbons (Fsp3) is 0.0667. The summed E-state index contributed by atoms with van der Waals surface area (Å²) >= 11 is 5.80. The Balaban J connectivity index is 1.94. The van der Waals surface area contributed by atoms with Gasteiger partial charge in [0.1, 0.15) is 5.82 Å². The number of hydrogen-bond acceptors (Lipinski definition) is 2. The van der Waals surface area contributed by atoms with E-state index in [4.69, 9.17) is 16.9 Å². The predicted molar refractivity (Wildman–Crippen MR) is 78.4 cm³/mol. The van der Waals surface area contributed by atoms with Gasteiger partial charge < -0.3 is 10.6 Å². The highest BCUT2D eigenvalue weighted by Gasteiger charge is 2.06. The van der Waals surface area contributed by atoms with Gasteiger partial charge in [0.15, 0.2) is 0 Å². The molecule has 0 aliphatic rings. The molecule has 2 aromatic rings. The third-order valence-electron chi connectivity index (χ3n) is 2.70. The average Bonchev–Trinajstić information content (AvgIpc) is 2.46. The summed E-state index contributed by atoms with van der Waals surface area (Å²) in [6, 6.07) is 12.2. The van der Waals surface area contributed by atoms with Crippen molar-refractivity contribution in [3.63, 3.8) is 0 Å². The van der Waals surface area contributed by atoms with Gasteiger partial charge in [-0.05, 0) is 30.3 Å². The summed E-state index contributed by atoms with van der Waals surface area (Å²) in [5.41, 5.74) is 1.08. The highest BCUT2D eigenvalue weighted by Crippen LogP contribution is 2.15. The highest BCUT2D eigenvalue weighted by molar-refractivity contribution is 6.30. The number of benzene rings is 2. The molecule has 106 valence electrons. The molecule has 2 amide bonds. The van der Waals surface area contributed by atoms with Crippen LogP contribution in [-0.2, 0) is 6.54 Å². The van der Waals surface area contributed by atoms with Gasteiger partial charge in [-0.2, -0.15) is 5.26 Å². The Bertz CT molecular complexity index is 712. The summed E-state index contributed by atoms with van der Waals surface area (Å²) < 4.78 is 13.6. The summed E-state index contributed by atoms with van der Waals surface area (Å²) in [4.78, 5) is 11.7. The maximum absolute atomic E-state index is 13.6. The molecule has 0 aliphatic carbocycles. The minimum absolute atomic E-state index is 0.0178. The quantitative estimate of drug-likeness (QED) is 0.908. The van der Waals surface area contributed by atoms with Crippen LogP contribution in [0.25, 0.3) is 0 Å². The van der Waals surface area contributed by atoms with Crippen molar-refractivity contribution < 1.29 is 9.18 Å². The molecule has 0 aromatic heterocycles. The van der Waals surface area contributed by atoms with E-state index in [9.17, 15) is 9.18 Å². The maximum atomic E-state index is 13.6. The lowest BCUT2D eigenvalue weighted by atomic mass is 10.1. The van der Waals surface area contributed by atoms with Crippen molar-refractivity contribution in [2.24, 2.45) is 0 Å². The van der Waals surface area contributed by atoms with E-state index in [1.165, 1.54) is 12.1 Å². The van der Waals surface area contributed by atoms with Gasteiger partial charge in [-0.25, -0.2) is 9.18 Å². The minimum atomic E-state index is -0.530. The van der Waals surface area contributed by atoms with E-state index in [-0.39, 0.29) is 12.1 Å². The van der Waals surface area contributed by atoms with Crippen molar-refractivity contribution in [1.29, 1.82) is 5.26 Å². The molecule has 2 rings (SSSR count). The van der Waals surface area contributed by atoms with E-state index >= 15 is 0 Å². The van der Waals surface area contributed by atoms with E-state index in [0.29, 0.717) is 16.3 Å². The minimum Gasteiger partial charge on any atom is -0.334 e. The number of hydrogen-bond donors (Lipinski definition) is 2. The van der Waals surface area contributed by atoms with Crippen LogP contribution in [-0.4, -0.2) is 6.03 Å². The Morgan fingerprint density at radius 1 is 1.29 bits per heavy atom. The number of anilines is 1. The van der Waals surface area contributed by atoms with Crippen LogP contribution in [0.4, 0.5) is 14.9 Å². The van der Waals surface area contributed by atoms with E-state index in [2.05, 4.69) is 10.6 Å². The number of nitrogens with zero attached hydrogens (tertiary/aromatic N) is 1. The van der Waals surface area contributed by atoms with Crippen molar-refractivity contribution in [3.05, 3.63) is 64.4 Å². The molecule has 0 aliphatic heterocycles. The molecule has 0 radical (unpaired) electrons. The Morgan fingerprint density at radius 2 is 2.10 bits per heavy atom. The summed E-state index contributed by atoms with van der Waals surface area (Å²) in [6.07, 6.45) is 0. The molecule has 0 heterocycles. The predicted octanol–water partition coefficient (Wildman–Crippen LogP) is 3.67. The number of carbonyl (C=O) groups is 1. The van der Waals surface area contributed by atoms with Gasteiger partial charge in [0, 0.05) is 22.8 Å². The lowest BCUT2D eigenvalue weighted by Gasteiger charge is -2.08. The number of nitriles is 1. The smallest absolute Gasteiger partial charge is 0.319 e. The first-order valence-corrected chi connectivity index (χ1v) is 6.45. The molecule has 0 saturated heterocycles. The average molecular weight is 304 g/mol. The third-order valence-corrected chi connectivity index (χ3v) is 2.94. The zero-order valence-corrected chi connectivity index (χ0v) is 11.6. The zero-order chi connectivity index (χ0) is 15.2. The topological polar surface area (TPSA) is 64.9 Å². The second kappa shape index (κ2) is 6.73. The van der Waals surface area contributed by atoms with Crippen LogP contribution in [0.3, 0.4) is 0 Å². The summed E-state index contributed by atoms with van der Waals surface area (Å²) in [5, 5.41) is 14.3. The van der Waals surface area contributed by atoms with Crippen LogP contribution in [0.5, 0.6) is 0 Å². The van der Waals surface area contributed by atoms with Gasteiger partial charge in [0.25, 0.3) is 0 Å². The summed E-state index contributed by atoms with van der Waals surface area (Å²) in [6.45, 7) is 0.0178. The Labute approximate surface area is 126 Å². The number of urea groups is 1. The van der Waals surface area contributed by atoms with Gasteiger partial charge in [0.2, 0.25) is 0 Å².